The average molecular weight is 365 g/mol. The number of hydrogen-bond acceptors (Lipinski definition) is 3. The molecule has 7 nitrogen and oxygen atoms in total. The lowest BCUT2D eigenvalue weighted by molar-refractivity contribution is -0.123. The van der Waals surface area contributed by atoms with Gasteiger partial charge in [-0.1, -0.05) is 18.2 Å². The van der Waals surface area contributed by atoms with Gasteiger partial charge in [0.15, 0.2) is 0 Å². The van der Waals surface area contributed by atoms with Crippen LogP contribution in [0.3, 0.4) is 0 Å². The zero-order chi connectivity index (χ0) is 19.0. The monoisotopic (exact) mass is 365 g/mol. The summed E-state index contributed by atoms with van der Waals surface area (Å²) in [4.78, 5) is 32.9. The molecule has 0 saturated carbocycles. The fraction of sp³-hybridized carbons (Fsp3) is 0.350. The molecule has 0 bridgehead atoms. The van der Waals surface area contributed by atoms with E-state index in [1.165, 1.54) is 0 Å². The van der Waals surface area contributed by atoms with E-state index in [0.29, 0.717) is 6.54 Å². The van der Waals surface area contributed by atoms with Gasteiger partial charge in [0, 0.05) is 18.8 Å². The average Bonchev–Trinajstić information content (AvgIpc) is 3.18. The minimum atomic E-state index is -0.230. The third kappa shape index (κ3) is 3.20. The molecule has 2 aromatic heterocycles. The molecule has 2 heterocycles. The van der Waals surface area contributed by atoms with Crippen molar-refractivity contribution in [2.24, 2.45) is 7.05 Å². The molecule has 1 atom stereocenters. The van der Waals surface area contributed by atoms with E-state index >= 15 is 0 Å². The first-order valence-corrected chi connectivity index (χ1v) is 9.21. The minimum absolute atomic E-state index is 0.0395. The number of nitrogens with zero attached hydrogens (tertiary/aromatic N) is 3. The number of carbonyl (C=O) groups is 1. The van der Waals surface area contributed by atoms with Gasteiger partial charge in [0.05, 0.1) is 29.5 Å². The lowest BCUT2D eigenvalue weighted by atomic mass is 9.89. The van der Waals surface area contributed by atoms with Crippen LogP contribution in [0.4, 0.5) is 0 Å². The number of hydrogen-bond donors (Lipinski definition) is 2. The van der Waals surface area contributed by atoms with Crippen LogP contribution in [0.2, 0.25) is 0 Å². The van der Waals surface area contributed by atoms with Crippen LogP contribution in [0.5, 0.6) is 0 Å². The number of carbonyl (C=O) groups excluding carboxylic acids is 1. The van der Waals surface area contributed by atoms with Crippen LogP contribution < -0.4 is 10.9 Å². The summed E-state index contributed by atoms with van der Waals surface area (Å²) in [6.07, 6.45) is 2.71. The van der Waals surface area contributed by atoms with E-state index in [2.05, 4.69) is 15.3 Å². The zero-order valence-corrected chi connectivity index (χ0v) is 15.5. The SMILES string of the molecule is Cc1nc2c([nH]1)CCCC2C(=O)NCc1cc(=O)n(-c2ccccc2)n1C. The van der Waals surface area contributed by atoms with Gasteiger partial charge in [0.25, 0.3) is 5.56 Å². The smallest absolute Gasteiger partial charge is 0.271 e. The van der Waals surface area contributed by atoms with Gasteiger partial charge in [-0.3, -0.25) is 14.3 Å². The lowest BCUT2D eigenvalue weighted by Gasteiger charge is -2.20. The number of aromatic nitrogens is 4. The quantitative estimate of drug-likeness (QED) is 0.741. The van der Waals surface area contributed by atoms with Crippen LogP contribution in [-0.4, -0.2) is 25.2 Å². The Morgan fingerprint density at radius 3 is 2.89 bits per heavy atom. The van der Waals surface area contributed by atoms with E-state index in [1.54, 1.807) is 15.4 Å². The molecule has 0 saturated heterocycles. The van der Waals surface area contributed by atoms with E-state index in [9.17, 15) is 9.59 Å². The van der Waals surface area contributed by atoms with Crippen LogP contribution >= 0.6 is 0 Å². The van der Waals surface area contributed by atoms with E-state index < -0.39 is 0 Å². The maximum Gasteiger partial charge on any atom is 0.271 e. The van der Waals surface area contributed by atoms with Crippen LogP contribution in [0.15, 0.2) is 41.2 Å². The second-order valence-corrected chi connectivity index (χ2v) is 6.99. The van der Waals surface area contributed by atoms with Gasteiger partial charge in [-0.25, -0.2) is 9.67 Å². The number of para-hydroxylation sites is 1. The molecule has 7 heteroatoms. The number of amides is 1. The van der Waals surface area contributed by atoms with Crippen LogP contribution in [0, 0.1) is 6.92 Å². The van der Waals surface area contributed by atoms with Crippen LogP contribution in [-0.2, 0) is 24.8 Å². The summed E-state index contributed by atoms with van der Waals surface area (Å²) >= 11 is 0. The second-order valence-electron chi connectivity index (χ2n) is 6.99. The standard InChI is InChI=1S/C20H23N5O2/c1-13-22-17-10-6-9-16(19(17)23-13)20(27)21-12-15-11-18(26)25(24(15)2)14-7-4-3-5-8-14/h3-5,7-8,11,16H,6,9-10,12H2,1-2H3,(H,21,27)(H,22,23). The summed E-state index contributed by atoms with van der Waals surface area (Å²) in [5, 5.41) is 2.99. The molecular formula is C20H23N5O2. The summed E-state index contributed by atoms with van der Waals surface area (Å²) < 4.78 is 3.38. The predicted octanol–water partition coefficient (Wildman–Crippen LogP) is 1.94. The number of H-pyrrole nitrogens is 1. The molecule has 140 valence electrons. The number of benzene rings is 1. The first kappa shape index (κ1) is 17.3. The Morgan fingerprint density at radius 1 is 1.33 bits per heavy atom. The van der Waals surface area contributed by atoms with Crippen molar-refractivity contribution in [1.82, 2.24) is 24.6 Å². The minimum Gasteiger partial charge on any atom is -0.350 e. The van der Waals surface area contributed by atoms with E-state index in [0.717, 1.165) is 47.9 Å². The van der Waals surface area contributed by atoms with Crippen molar-refractivity contribution >= 4 is 5.91 Å². The number of nitrogens with one attached hydrogen (secondary N) is 2. The van der Waals surface area contributed by atoms with Crippen molar-refractivity contribution in [2.75, 3.05) is 0 Å². The Hall–Kier alpha value is -3.09. The van der Waals surface area contributed by atoms with Gasteiger partial charge in [-0.05, 0) is 38.3 Å². The van der Waals surface area contributed by atoms with E-state index in [-0.39, 0.29) is 17.4 Å². The van der Waals surface area contributed by atoms with Crippen LogP contribution in [0.25, 0.3) is 5.69 Å². The zero-order valence-electron chi connectivity index (χ0n) is 15.5. The van der Waals surface area contributed by atoms with Crippen LogP contribution in [0.1, 0.15) is 41.7 Å². The second kappa shape index (κ2) is 6.90. The van der Waals surface area contributed by atoms with Gasteiger partial charge in [0.1, 0.15) is 5.82 Å². The van der Waals surface area contributed by atoms with Gasteiger partial charge in [-0.2, -0.15) is 0 Å². The molecule has 1 aromatic carbocycles. The molecule has 1 aliphatic carbocycles. The molecular weight excluding hydrogens is 342 g/mol. The van der Waals surface area contributed by atoms with Crippen molar-refractivity contribution in [1.29, 1.82) is 0 Å². The molecule has 0 spiro atoms. The summed E-state index contributed by atoms with van der Waals surface area (Å²) in [6.45, 7) is 2.22. The predicted molar refractivity (Wildman–Crippen MR) is 102 cm³/mol. The highest BCUT2D eigenvalue weighted by Gasteiger charge is 2.29. The van der Waals surface area contributed by atoms with Gasteiger partial charge >= 0.3 is 0 Å². The van der Waals surface area contributed by atoms with Crippen molar-refractivity contribution in [3.63, 3.8) is 0 Å². The first-order valence-electron chi connectivity index (χ1n) is 9.21. The van der Waals surface area contributed by atoms with Crippen molar-refractivity contribution in [2.45, 2.75) is 38.6 Å². The van der Waals surface area contributed by atoms with Crippen molar-refractivity contribution in [3.8, 4) is 5.69 Å². The largest absolute Gasteiger partial charge is 0.350 e. The first-order chi connectivity index (χ1) is 13.0. The summed E-state index contributed by atoms with van der Waals surface area (Å²) in [5.74, 6) is 0.580. The Kier molecular flexibility index (Phi) is 4.43. The fourth-order valence-electron chi connectivity index (χ4n) is 3.82. The normalized spacial score (nSPS) is 16.1. The lowest BCUT2D eigenvalue weighted by Crippen LogP contribution is -2.32. The molecule has 3 aromatic rings. The van der Waals surface area contributed by atoms with Crippen molar-refractivity contribution in [3.05, 3.63) is 69.7 Å². The number of aryl methyl sites for hydroxylation is 2. The molecule has 0 fully saturated rings. The molecule has 0 aliphatic heterocycles. The maximum atomic E-state index is 12.8. The van der Waals surface area contributed by atoms with Gasteiger partial charge in [0.2, 0.25) is 5.91 Å². The highest BCUT2D eigenvalue weighted by atomic mass is 16.2. The molecule has 1 aliphatic rings. The van der Waals surface area contributed by atoms with Gasteiger partial charge < -0.3 is 10.3 Å². The number of rotatable bonds is 4. The highest BCUT2D eigenvalue weighted by molar-refractivity contribution is 5.83. The summed E-state index contributed by atoms with van der Waals surface area (Å²) in [7, 11) is 1.83. The topological polar surface area (TPSA) is 84.7 Å². The van der Waals surface area contributed by atoms with Gasteiger partial charge in [-0.15, -0.1) is 0 Å². The molecule has 0 radical (unpaired) electrons. The maximum absolute atomic E-state index is 12.8. The number of imidazole rings is 1. The third-order valence-corrected chi connectivity index (χ3v) is 5.15. The molecule has 4 rings (SSSR count). The number of aromatic amines is 1. The highest BCUT2D eigenvalue weighted by Crippen LogP contribution is 2.30. The molecule has 2 N–H and O–H groups in total. The van der Waals surface area contributed by atoms with Crippen molar-refractivity contribution < 1.29 is 4.79 Å². The summed E-state index contributed by atoms with van der Waals surface area (Å²) in [5.41, 5.74) is 3.38. The van der Waals surface area contributed by atoms with E-state index in [4.69, 9.17) is 0 Å². The Bertz CT molecular complexity index is 1030. The Balaban J connectivity index is 1.52. The molecule has 1 amide bonds. The Morgan fingerprint density at radius 2 is 2.11 bits per heavy atom. The Labute approximate surface area is 157 Å². The summed E-state index contributed by atoms with van der Waals surface area (Å²) in [6, 6.07) is 11.0. The number of fused-ring (bicyclic) bond motifs is 1. The molecule has 1 unspecified atom stereocenters. The third-order valence-electron chi connectivity index (χ3n) is 5.15. The fourth-order valence-corrected chi connectivity index (χ4v) is 3.82. The van der Waals surface area contributed by atoms with E-state index in [1.807, 2.05) is 44.3 Å². The molecule has 27 heavy (non-hydrogen) atoms.